The van der Waals surface area contributed by atoms with E-state index >= 15 is 0 Å². The van der Waals surface area contributed by atoms with Crippen LogP contribution in [0.3, 0.4) is 0 Å². The zero-order valence-corrected chi connectivity index (χ0v) is 16.1. The number of aliphatic hydroxyl groups is 2. The molecule has 4 rings (SSSR count). The maximum Gasteiger partial charge on any atom is 0.250 e. The van der Waals surface area contributed by atoms with Crippen LogP contribution in [0.15, 0.2) is 23.8 Å². The number of β-lactam (4-membered cyclic amide) rings is 1. The Balaban J connectivity index is 1.70. The van der Waals surface area contributed by atoms with Gasteiger partial charge < -0.3 is 25.0 Å². The number of hydrogen-bond acceptors (Lipinski definition) is 6. The number of aromatic nitrogens is 2. The highest BCUT2D eigenvalue weighted by Crippen LogP contribution is 2.47. The summed E-state index contributed by atoms with van der Waals surface area (Å²) in [6.07, 6.45) is 2.93. The maximum absolute atomic E-state index is 12.4. The number of thiazole rings is 1. The molecule has 1 saturated heterocycles. The molecule has 2 aliphatic heterocycles. The fourth-order valence-corrected chi connectivity index (χ4v) is 5.41. The minimum Gasteiger partial charge on any atom is -0.543 e. The third-order valence-electron chi connectivity index (χ3n) is 5.78. The van der Waals surface area contributed by atoms with Crippen LogP contribution >= 0.6 is 11.3 Å². The van der Waals surface area contributed by atoms with Gasteiger partial charge in [0.25, 0.3) is 0 Å². The molecule has 8 nitrogen and oxygen atoms in total. The van der Waals surface area contributed by atoms with Crippen LogP contribution in [0.2, 0.25) is 0 Å². The lowest BCUT2D eigenvalue weighted by molar-refractivity contribution is -0.516. The second-order valence-corrected chi connectivity index (χ2v) is 8.42. The highest BCUT2D eigenvalue weighted by Gasteiger charge is 2.58. The summed E-state index contributed by atoms with van der Waals surface area (Å²) < 4.78 is 3.83. The van der Waals surface area contributed by atoms with E-state index in [1.165, 1.54) is 16.2 Å². The predicted molar refractivity (Wildman–Crippen MR) is 93.1 cm³/mol. The number of fused-ring (bicyclic) bond motifs is 2. The van der Waals surface area contributed by atoms with Crippen molar-refractivity contribution in [2.45, 2.75) is 46.1 Å². The Morgan fingerprint density at radius 1 is 1.48 bits per heavy atom. The highest BCUT2D eigenvalue weighted by molar-refractivity contribution is 7.16. The minimum absolute atomic E-state index is 0.0192. The largest absolute Gasteiger partial charge is 0.543 e. The molecule has 2 aromatic heterocycles. The Hall–Kier alpha value is -2.23. The van der Waals surface area contributed by atoms with Crippen molar-refractivity contribution in [1.82, 2.24) is 9.47 Å². The fourth-order valence-electron chi connectivity index (χ4n) is 4.38. The van der Waals surface area contributed by atoms with Crippen LogP contribution in [0.25, 0.3) is 4.83 Å². The second kappa shape index (κ2) is 6.15. The van der Waals surface area contributed by atoms with E-state index in [1.807, 2.05) is 35.3 Å². The molecule has 4 atom stereocenters. The van der Waals surface area contributed by atoms with Gasteiger partial charge in [0.2, 0.25) is 17.1 Å². The Morgan fingerprint density at radius 2 is 2.19 bits per heavy atom. The Bertz CT molecular complexity index is 989. The number of carbonyl (C=O) groups excluding carboxylic acids is 2. The Morgan fingerprint density at radius 3 is 2.74 bits per heavy atom. The fraction of sp³-hybridized carbons (Fsp3) is 0.500. The van der Waals surface area contributed by atoms with Crippen molar-refractivity contribution in [1.29, 1.82) is 0 Å². The molecular weight excluding hydrogens is 370 g/mol. The number of nitrogens with zero attached hydrogens (tertiary/aromatic N) is 3. The number of imidazole rings is 1. The molecule has 9 heteroatoms. The first-order chi connectivity index (χ1) is 12.8. The van der Waals surface area contributed by atoms with Gasteiger partial charge in [-0.3, -0.25) is 4.79 Å². The molecule has 0 unspecified atom stereocenters. The SMILES string of the molecule is Cc1c(CO)sc2cn(CC3=C(C(=O)[O-])N4C(=O)[C@H]([C@@H](C)O)[C@H]4[C@H]3C)c[n+]12. The van der Waals surface area contributed by atoms with Crippen molar-refractivity contribution in [3.05, 3.63) is 34.4 Å². The van der Waals surface area contributed by atoms with Gasteiger partial charge >= 0.3 is 0 Å². The van der Waals surface area contributed by atoms with E-state index in [-0.39, 0.29) is 30.2 Å². The number of carbonyl (C=O) groups is 2. The van der Waals surface area contributed by atoms with Crippen LogP contribution < -0.4 is 9.51 Å². The van der Waals surface area contributed by atoms with Gasteiger partial charge in [0.05, 0.1) is 41.2 Å². The van der Waals surface area contributed by atoms with E-state index in [2.05, 4.69) is 0 Å². The number of carboxylic acids is 1. The molecule has 27 heavy (non-hydrogen) atoms. The monoisotopic (exact) mass is 391 g/mol. The first-order valence-corrected chi connectivity index (χ1v) is 9.63. The van der Waals surface area contributed by atoms with Crippen LogP contribution in [0.4, 0.5) is 0 Å². The van der Waals surface area contributed by atoms with Crippen LogP contribution in [0.1, 0.15) is 24.4 Å². The van der Waals surface area contributed by atoms with Crippen molar-refractivity contribution >= 4 is 28.0 Å². The molecule has 0 saturated carbocycles. The van der Waals surface area contributed by atoms with Gasteiger partial charge in [-0.25, -0.2) is 4.57 Å². The second-order valence-electron chi connectivity index (χ2n) is 7.31. The lowest BCUT2D eigenvalue weighted by atomic mass is 9.78. The van der Waals surface area contributed by atoms with Gasteiger partial charge in [0.1, 0.15) is 18.4 Å². The normalized spacial score (nSPS) is 25.9. The van der Waals surface area contributed by atoms with Gasteiger partial charge in [0.15, 0.2) is 0 Å². The van der Waals surface area contributed by atoms with Crippen LogP contribution in [0, 0.1) is 18.8 Å². The molecule has 1 fully saturated rings. The van der Waals surface area contributed by atoms with Crippen molar-refractivity contribution < 1.29 is 29.3 Å². The molecule has 2 aromatic rings. The van der Waals surface area contributed by atoms with E-state index in [0.29, 0.717) is 12.1 Å². The van der Waals surface area contributed by atoms with E-state index < -0.39 is 18.0 Å². The summed E-state index contributed by atoms with van der Waals surface area (Å²) in [4.78, 5) is 27.2. The van der Waals surface area contributed by atoms with Gasteiger partial charge in [-0.05, 0) is 13.8 Å². The molecular formula is C18H21N3O5S. The summed E-state index contributed by atoms with van der Waals surface area (Å²) in [6.45, 7) is 5.66. The zero-order chi connectivity index (χ0) is 19.6. The average Bonchev–Trinajstić information content (AvgIpc) is 3.19. The van der Waals surface area contributed by atoms with Crippen molar-refractivity contribution in [2.75, 3.05) is 0 Å². The topological polar surface area (TPSA) is 110 Å². The number of carboxylic acid groups (broad SMARTS) is 1. The van der Waals surface area contributed by atoms with Crippen molar-refractivity contribution in [3.8, 4) is 0 Å². The summed E-state index contributed by atoms with van der Waals surface area (Å²) in [7, 11) is 0. The molecule has 0 spiro atoms. The Kier molecular flexibility index (Phi) is 4.13. The first kappa shape index (κ1) is 18.1. The number of aliphatic carboxylic acids is 1. The van der Waals surface area contributed by atoms with Crippen LogP contribution in [-0.2, 0) is 22.7 Å². The predicted octanol–water partition coefficient (Wildman–Crippen LogP) is -1.05. The molecule has 2 N–H and O–H groups in total. The molecule has 0 bridgehead atoms. The van der Waals surface area contributed by atoms with Gasteiger partial charge in [-0.1, -0.05) is 18.3 Å². The molecule has 0 aromatic carbocycles. The van der Waals surface area contributed by atoms with Gasteiger partial charge in [-0.2, -0.15) is 4.40 Å². The third-order valence-corrected chi connectivity index (χ3v) is 6.96. The smallest absolute Gasteiger partial charge is 0.250 e. The van der Waals surface area contributed by atoms with E-state index in [0.717, 1.165) is 15.4 Å². The van der Waals surface area contributed by atoms with Crippen molar-refractivity contribution in [3.63, 3.8) is 0 Å². The molecule has 2 aliphatic rings. The van der Waals surface area contributed by atoms with Gasteiger partial charge in [-0.15, -0.1) is 0 Å². The molecule has 0 radical (unpaired) electrons. The first-order valence-electron chi connectivity index (χ1n) is 8.82. The standard InChI is InChI=1S/C18H21N3O5S/c1-8-11(4-19-5-13-20(7-19)9(2)12(6-22)27-13)16(18(25)26)21-15(8)14(10(3)23)17(21)24/h5,7-8,10,14-15,22-23H,4,6H2,1-3H3/t8-,10+,14+,15+/m0/s1. The summed E-state index contributed by atoms with van der Waals surface area (Å²) in [5.41, 5.74) is 1.50. The molecule has 4 heterocycles. The van der Waals surface area contributed by atoms with E-state index in [4.69, 9.17) is 0 Å². The number of hydrogen-bond donors (Lipinski definition) is 2. The number of amides is 1. The zero-order valence-electron chi connectivity index (χ0n) is 15.2. The number of aryl methyl sites for hydroxylation is 1. The van der Waals surface area contributed by atoms with Crippen LogP contribution in [-0.4, -0.2) is 43.7 Å². The van der Waals surface area contributed by atoms with Crippen molar-refractivity contribution in [2.24, 2.45) is 11.8 Å². The summed E-state index contributed by atoms with van der Waals surface area (Å²) >= 11 is 1.48. The number of rotatable bonds is 5. The molecule has 144 valence electrons. The van der Waals surface area contributed by atoms with E-state index in [1.54, 1.807) is 6.92 Å². The van der Waals surface area contributed by atoms with E-state index in [9.17, 15) is 24.9 Å². The highest BCUT2D eigenvalue weighted by atomic mass is 32.1. The summed E-state index contributed by atoms with van der Waals surface area (Å²) in [5, 5.41) is 31.0. The summed E-state index contributed by atoms with van der Waals surface area (Å²) in [6, 6.07) is -0.340. The quantitative estimate of drug-likeness (QED) is 0.499. The maximum atomic E-state index is 12.4. The minimum atomic E-state index is -1.36. The lowest BCUT2D eigenvalue weighted by Crippen LogP contribution is -2.64. The molecule has 1 amide bonds. The number of aliphatic hydroxyl groups excluding tert-OH is 2. The lowest BCUT2D eigenvalue weighted by Gasteiger charge is -2.47. The molecule has 0 aliphatic carbocycles. The van der Waals surface area contributed by atoms with Gasteiger partial charge in [0, 0.05) is 11.5 Å². The Labute approximate surface area is 159 Å². The third kappa shape index (κ3) is 2.45. The summed E-state index contributed by atoms with van der Waals surface area (Å²) in [5.74, 6) is -2.49. The van der Waals surface area contributed by atoms with Crippen LogP contribution in [0.5, 0.6) is 0 Å². The average molecular weight is 391 g/mol.